The Bertz CT molecular complexity index is 623. The summed E-state index contributed by atoms with van der Waals surface area (Å²) in [5, 5.41) is 7.93. The van der Waals surface area contributed by atoms with Crippen molar-refractivity contribution < 1.29 is 0 Å². The van der Waals surface area contributed by atoms with Gasteiger partial charge in [0.1, 0.15) is 5.01 Å². The van der Waals surface area contributed by atoms with Crippen LogP contribution < -0.4 is 5.32 Å². The number of halogens is 2. The minimum absolute atomic E-state index is 0.337. The first-order valence-corrected chi connectivity index (χ1v) is 8.64. The summed E-state index contributed by atoms with van der Waals surface area (Å²) in [5.41, 5.74) is 1.81. The van der Waals surface area contributed by atoms with E-state index in [1.807, 2.05) is 12.1 Å². The fourth-order valence-corrected chi connectivity index (χ4v) is 3.82. The van der Waals surface area contributed by atoms with Crippen LogP contribution in [0.2, 0.25) is 10.0 Å². The summed E-state index contributed by atoms with van der Waals surface area (Å²) >= 11 is 14.0. The topological polar surface area (TPSA) is 28.2 Å². The lowest BCUT2D eigenvalue weighted by atomic mass is 10.2. The van der Waals surface area contributed by atoms with Crippen molar-refractivity contribution in [2.45, 2.75) is 13.0 Å². The molecular weight excluding hydrogens is 325 g/mol. The SMILES string of the molecule is CC(c1nc(-c2cc(Cl)ccc2Cl)cs1)N1CCNCC1. The van der Waals surface area contributed by atoms with Gasteiger partial charge in [-0.05, 0) is 25.1 Å². The first-order valence-electron chi connectivity index (χ1n) is 7.01. The lowest BCUT2D eigenvalue weighted by Crippen LogP contribution is -2.44. The maximum atomic E-state index is 6.26. The molecule has 3 rings (SSSR count). The molecule has 0 spiro atoms. The minimum atomic E-state index is 0.337. The predicted molar refractivity (Wildman–Crippen MR) is 90.4 cm³/mol. The quantitative estimate of drug-likeness (QED) is 0.911. The highest BCUT2D eigenvalue weighted by Crippen LogP contribution is 2.33. The summed E-state index contributed by atoms with van der Waals surface area (Å²) in [5.74, 6) is 0. The number of hydrogen-bond donors (Lipinski definition) is 1. The predicted octanol–water partition coefficient (Wildman–Crippen LogP) is 4.08. The molecule has 0 bridgehead atoms. The normalized spacial score (nSPS) is 17.9. The third kappa shape index (κ3) is 3.41. The van der Waals surface area contributed by atoms with Gasteiger partial charge in [-0.1, -0.05) is 23.2 Å². The first kappa shape index (κ1) is 15.3. The minimum Gasteiger partial charge on any atom is -0.314 e. The lowest BCUT2D eigenvalue weighted by molar-refractivity contribution is 0.185. The molecule has 1 aliphatic rings. The van der Waals surface area contributed by atoms with Crippen molar-refractivity contribution in [3.05, 3.63) is 38.6 Å². The van der Waals surface area contributed by atoms with E-state index in [1.165, 1.54) is 0 Å². The van der Waals surface area contributed by atoms with E-state index >= 15 is 0 Å². The van der Waals surface area contributed by atoms with Crippen LogP contribution in [0.25, 0.3) is 11.3 Å². The van der Waals surface area contributed by atoms with E-state index in [4.69, 9.17) is 28.2 Å². The molecule has 0 saturated carbocycles. The van der Waals surface area contributed by atoms with E-state index in [0.29, 0.717) is 16.1 Å². The van der Waals surface area contributed by atoms with E-state index in [-0.39, 0.29) is 0 Å². The zero-order valence-corrected chi connectivity index (χ0v) is 14.1. The van der Waals surface area contributed by atoms with E-state index < -0.39 is 0 Å². The van der Waals surface area contributed by atoms with E-state index in [1.54, 1.807) is 17.4 Å². The Labute approximate surface area is 138 Å². The van der Waals surface area contributed by atoms with Crippen LogP contribution in [0.15, 0.2) is 23.6 Å². The number of nitrogens with zero attached hydrogens (tertiary/aromatic N) is 2. The highest BCUT2D eigenvalue weighted by Gasteiger charge is 2.21. The van der Waals surface area contributed by atoms with Crippen LogP contribution in [-0.2, 0) is 0 Å². The molecule has 0 amide bonds. The second-order valence-corrected chi connectivity index (χ2v) is 6.89. The molecule has 1 aromatic carbocycles. The molecule has 1 fully saturated rings. The molecule has 112 valence electrons. The van der Waals surface area contributed by atoms with Crippen LogP contribution in [0.4, 0.5) is 0 Å². The fraction of sp³-hybridized carbons (Fsp3) is 0.400. The molecule has 6 heteroatoms. The molecule has 1 aliphatic heterocycles. The van der Waals surface area contributed by atoms with Crippen molar-refractivity contribution in [2.75, 3.05) is 26.2 Å². The molecule has 1 aromatic heterocycles. The summed E-state index contributed by atoms with van der Waals surface area (Å²) in [7, 11) is 0. The van der Waals surface area contributed by atoms with Gasteiger partial charge in [-0.15, -0.1) is 11.3 Å². The number of piperazine rings is 1. The molecule has 1 unspecified atom stereocenters. The lowest BCUT2D eigenvalue weighted by Gasteiger charge is -2.31. The summed E-state index contributed by atoms with van der Waals surface area (Å²) < 4.78 is 0. The van der Waals surface area contributed by atoms with E-state index in [9.17, 15) is 0 Å². The molecule has 21 heavy (non-hydrogen) atoms. The maximum absolute atomic E-state index is 6.26. The third-order valence-electron chi connectivity index (χ3n) is 3.78. The van der Waals surface area contributed by atoms with Gasteiger partial charge in [0.2, 0.25) is 0 Å². The van der Waals surface area contributed by atoms with Crippen LogP contribution in [0.1, 0.15) is 18.0 Å². The standard InChI is InChI=1S/C15H17Cl2N3S/c1-10(20-6-4-18-5-7-20)15-19-14(9-21-15)12-8-11(16)2-3-13(12)17/h2-3,8-10,18H,4-7H2,1H3. The van der Waals surface area contributed by atoms with Crippen molar-refractivity contribution in [1.29, 1.82) is 0 Å². The molecule has 2 aromatic rings. The summed E-state index contributed by atoms with van der Waals surface area (Å²) in [6, 6.07) is 5.82. The van der Waals surface area contributed by atoms with Crippen molar-refractivity contribution >= 4 is 34.5 Å². The van der Waals surface area contributed by atoms with E-state index in [2.05, 4.69) is 22.5 Å². The average molecular weight is 342 g/mol. The third-order valence-corrected chi connectivity index (χ3v) is 5.36. The van der Waals surface area contributed by atoms with Gasteiger partial charge in [-0.25, -0.2) is 4.98 Å². The van der Waals surface area contributed by atoms with Gasteiger partial charge in [-0.3, -0.25) is 4.90 Å². The average Bonchev–Trinajstić information content (AvgIpc) is 2.99. The number of benzene rings is 1. The molecule has 2 heterocycles. The number of aromatic nitrogens is 1. The van der Waals surface area contributed by atoms with Gasteiger partial charge < -0.3 is 5.32 Å². The number of nitrogens with one attached hydrogen (secondary N) is 1. The molecule has 1 N–H and O–H groups in total. The van der Waals surface area contributed by atoms with Crippen molar-refractivity contribution in [1.82, 2.24) is 15.2 Å². The Morgan fingerprint density at radius 3 is 2.81 bits per heavy atom. The van der Waals surface area contributed by atoms with Gasteiger partial charge in [0, 0.05) is 42.1 Å². The summed E-state index contributed by atoms with van der Waals surface area (Å²) in [6.07, 6.45) is 0. The fourth-order valence-electron chi connectivity index (χ4n) is 2.52. The number of rotatable bonds is 3. The van der Waals surface area contributed by atoms with Crippen molar-refractivity contribution in [2.24, 2.45) is 0 Å². The Hall–Kier alpha value is -0.650. The maximum Gasteiger partial charge on any atom is 0.110 e. The Morgan fingerprint density at radius 1 is 1.29 bits per heavy atom. The van der Waals surface area contributed by atoms with Gasteiger partial charge in [0.15, 0.2) is 0 Å². The highest BCUT2D eigenvalue weighted by molar-refractivity contribution is 7.10. The molecule has 0 aliphatic carbocycles. The smallest absolute Gasteiger partial charge is 0.110 e. The van der Waals surface area contributed by atoms with Gasteiger partial charge in [0.25, 0.3) is 0 Å². The van der Waals surface area contributed by atoms with Crippen LogP contribution in [0, 0.1) is 0 Å². The number of hydrogen-bond acceptors (Lipinski definition) is 4. The molecular formula is C15H17Cl2N3S. The van der Waals surface area contributed by atoms with Gasteiger partial charge in [0.05, 0.1) is 16.8 Å². The summed E-state index contributed by atoms with van der Waals surface area (Å²) in [4.78, 5) is 7.23. The van der Waals surface area contributed by atoms with Crippen LogP contribution in [-0.4, -0.2) is 36.1 Å². The van der Waals surface area contributed by atoms with Crippen molar-refractivity contribution in [3.8, 4) is 11.3 Å². The zero-order valence-electron chi connectivity index (χ0n) is 11.8. The second-order valence-electron chi connectivity index (χ2n) is 5.16. The van der Waals surface area contributed by atoms with Crippen molar-refractivity contribution in [3.63, 3.8) is 0 Å². The van der Waals surface area contributed by atoms with Crippen LogP contribution >= 0.6 is 34.5 Å². The largest absolute Gasteiger partial charge is 0.314 e. The first-order chi connectivity index (χ1) is 10.1. The summed E-state index contributed by atoms with van der Waals surface area (Å²) in [6.45, 7) is 6.43. The highest BCUT2D eigenvalue weighted by atomic mass is 35.5. The Balaban J connectivity index is 1.84. The zero-order chi connectivity index (χ0) is 14.8. The molecule has 1 atom stereocenters. The van der Waals surface area contributed by atoms with Crippen LogP contribution in [0.5, 0.6) is 0 Å². The van der Waals surface area contributed by atoms with E-state index in [0.717, 1.165) is 42.4 Å². The van der Waals surface area contributed by atoms with Gasteiger partial charge in [-0.2, -0.15) is 0 Å². The number of thiazole rings is 1. The Kier molecular flexibility index (Phi) is 4.82. The molecule has 1 saturated heterocycles. The Morgan fingerprint density at radius 2 is 2.05 bits per heavy atom. The van der Waals surface area contributed by atoms with Crippen LogP contribution in [0.3, 0.4) is 0 Å². The molecule has 3 nitrogen and oxygen atoms in total. The monoisotopic (exact) mass is 341 g/mol. The van der Waals surface area contributed by atoms with Gasteiger partial charge >= 0.3 is 0 Å². The second kappa shape index (κ2) is 6.63. The molecule has 0 radical (unpaired) electrons.